The molecule has 0 aliphatic heterocycles. The largest absolute Gasteiger partial charge is 0.465 e. The summed E-state index contributed by atoms with van der Waals surface area (Å²) in [4.78, 5) is 11.2. The van der Waals surface area contributed by atoms with Crippen LogP contribution in [0.4, 0.5) is 13.2 Å². The number of hydrogen-bond donors (Lipinski definition) is 0. The van der Waals surface area contributed by atoms with Gasteiger partial charge in [0.05, 0.1) is 18.2 Å². The molecule has 0 bridgehead atoms. The Morgan fingerprint density at radius 3 is 2.50 bits per heavy atom. The monoisotopic (exact) mass is 275 g/mol. The van der Waals surface area contributed by atoms with Crippen molar-refractivity contribution in [3.05, 3.63) is 28.8 Å². The average molecular weight is 275 g/mol. The fourth-order valence-electron chi connectivity index (χ4n) is 1.37. The Morgan fingerprint density at radius 1 is 1.44 bits per heavy atom. The topological polar surface area (TPSA) is 50.1 Å². The van der Waals surface area contributed by atoms with Crippen molar-refractivity contribution >= 4 is 17.7 Å². The van der Waals surface area contributed by atoms with E-state index in [-0.39, 0.29) is 27.8 Å². The summed E-state index contributed by atoms with van der Waals surface area (Å²) in [5.41, 5.74) is -4.29. The molecule has 1 aromatic rings. The fraction of sp³-hybridized carbons (Fsp3) is 0.273. The van der Waals surface area contributed by atoms with Crippen molar-refractivity contribution < 1.29 is 22.7 Å². The number of methoxy groups -OCH3 is 1. The maximum Gasteiger partial charge on any atom is 0.446 e. The predicted molar refractivity (Wildman–Crippen MR) is 59.1 cm³/mol. The molecule has 0 aliphatic carbocycles. The summed E-state index contributed by atoms with van der Waals surface area (Å²) in [5, 5.41) is 8.88. The van der Waals surface area contributed by atoms with E-state index in [4.69, 9.17) is 5.26 Å². The molecular formula is C11H8F3NO2S. The van der Waals surface area contributed by atoms with Crippen molar-refractivity contribution in [2.24, 2.45) is 0 Å². The summed E-state index contributed by atoms with van der Waals surface area (Å²) in [6, 6.07) is 4.00. The van der Waals surface area contributed by atoms with Crippen LogP contribution in [-0.2, 0) is 4.74 Å². The van der Waals surface area contributed by atoms with Crippen molar-refractivity contribution in [1.82, 2.24) is 0 Å². The first-order chi connectivity index (χ1) is 8.28. The zero-order chi connectivity index (χ0) is 13.9. The summed E-state index contributed by atoms with van der Waals surface area (Å²) in [7, 11) is 1.10. The molecule has 0 heterocycles. The second-order valence-electron chi connectivity index (χ2n) is 3.31. The van der Waals surface area contributed by atoms with E-state index in [0.717, 1.165) is 13.2 Å². The van der Waals surface area contributed by atoms with E-state index in [1.165, 1.54) is 13.0 Å². The minimum Gasteiger partial charge on any atom is -0.465 e. The first-order valence-corrected chi connectivity index (χ1v) is 5.49. The van der Waals surface area contributed by atoms with Crippen LogP contribution in [0.15, 0.2) is 17.0 Å². The van der Waals surface area contributed by atoms with Crippen molar-refractivity contribution in [3.8, 4) is 6.07 Å². The number of ether oxygens (including phenoxy) is 1. The van der Waals surface area contributed by atoms with Crippen LogP contribution in [0.5, 0.6) is 0 Å². The van der Waals surface area contributed by atoms with Crippen LogP contribution in [0, 0.1) is 18.3 Å². The van der Waals surface area contributed by atoms with Gasteiger partial charge in [0.15, 0.2) is 0 Å². The van der Waals surface area contributed by atoms with Gasteiger partial charge in [-0.1, -0.05) is 0 Å². The number of halogens is 3. The van der Waals surface area contributed by atoms with Crippen LogP contribution in [0.25, 0.3) is 0 Å². The minimum absolute atomic E-state index is 0.0216. The molecule has 0 aliphatic rings. The molecule has 0 atom stereocenters. The van der Waals surface area contributed by atoms with Crippen LogP contribution in [-0.4, -0.2) is 18.6 Å². The zero-order valence-corrected chi connectivity index (χ0v) is 10.3. The highest BCUT2D eigenvalue weighted by atomic mass is 32.2. The van der Waals surface area contributed by atoms with Crippen molar-refractivity contribution in [2.75, 3.05) is 7.11 Å². The Morgan fingerprint density at radius 2 is 2.06 bits per heavy atom. The molecule has 7 heteroatoms. The molecule has 0 fully saturated rings. The molecule has 3 nitrogen and oxygen atoms in total. The van der Waals surface area contributed by atoms with E-state index in [2.05, 4.69) is 4.74 Å². The first-order valence-electron chi connectivity index (χ1n) is 4.67. The number of nitriles is 1. The number of esters is 1. The van der Waals surface area contributed by atoms with E-state index in [1.54, 1.807) is 6.07 Å². The van der Waals surface area contributed by atoms with Gasteiger partial charge in [-0.15, -0.1) is 0 Å². The minimum atomic E-state index is -4.45. The van der Waals surface area contributed by atoms with Gasteiger partial charge < -0.3 is 4.74 Å². The summed E-state index contributed by atoms with van der Waals surface area (Å²) in [5.74, 6) is -0.834. The van der Waals surface area contributed by atoms with E-state index in [0.29, 0.717) is 5.56 Å². The second-order valence-corrected chi connectivity index (χ2v) is 4.45. The number of thioether (sulfide) groups is 1. The second kappa shape index (κ2) is 5.31. The molecule has 0 aromatic heterocycles. The van der Waals surface area contributed by atoms with Crippen molar-refractivity contribution in [1.29, 1.82) is 5.26 Å². The van der Waals surface area contributed by atoms with Gasteiger partial charge >= 0.3 is 11.5 Å². The highest BCUT2D eigenvalue weighted by Gasteiger charge is 2.30. The number of benzene rings is 1. The number of carbonyl (C=O) groups excluding carboxylic acids is 1. The van der Waals surface area contributed by atoms with Crippen molar-refractivity contribution in [2.45, 2.75) is 17.3 Å². The van der Waals surface area contributed by atoms with Crippen LogP contribution in [0.2, 0.25) is 0 Å². The van der Waals surface area contributed by atoms with Gasteiger partial charge in [-0.25, -0.2) is 4.79 Å². The quantitative estimate of drug-likeness (QED) is 0.614. The molecule has 0 radical (unpaired) electrons. The highest BCUT2D eigenvalue weighted by Crippen LogP contribution is 2.38. The number of hydrogen-bond acceptors (Lipinski definition) is 4. The maximum absolute atomic E-state index is 12.3. The summed E-state index contributed by atoms with van der Waals surface area (Å²) < 4.78 is 41.2. The summed E-state index contributed by atoms with van der Waals surface area (Å²) in [6.07, 6.45) is 0. The molecule has 0 spiro atoms. The van der Waals surface area contributed by atoms with Crippen LogP contribution >= 0.6 is 11.8 Å². The number of nitrogens with zero attached hydrogens (tertiary/aromatic N) is 1. The fourth-order valence-corrected chi connectivity index (χ4v) is 2.05. The molecule has 1 aromatic carbocycles. The number of carbonyl (C=O) groups is 1. The van der Waals surface area contributed by atoms with Gasteiger partial charge in [-0.3, -0.25) is 0 Å². The predicted octanol–water partition coefficient (Wildman–Crippen LogP) is 3.27. The summed E-state index contributed by atoms with van der Waals surface area (Å²) >= 11 is -0.341. The Bertz CT molecular complexity index is 520. The zero-order valence-electron chi connectivity index (χ0n) is 9.46. The standard InChI is InChI=1S/C11H8F3NO2S/c1-6-3-7(18-11(12,13)14)4-8(9(6)5-15)10(16)17-2/h3-4H,1-2H3. The highest BCUT2D eigenvalue weighted by molar-refractivity contribution is 8.00. The molecule has 0 saturated carbocycles. The summed E-state index contributed by atoms with van der Waals surface area (Å²) in [6.45, 7) is 1.46. The Labute approximate surface area is 106 Å². The van der Waals surface area contributed by atoms with E-state index in [1.807, 2.05) is 0 Å². The van der Waals surface area contributed by atoms with Gasteiger partial charge in [-0.2, -0.15) is 18.4 Å². The Balaban J connectivity index is 3.32. The molecule has 0 amide bonds. The smallest absolute Gasteiger partial charge is 0.446 e. The maximum atomic E-state index is 12.3. The van der Waals surface area contributed by atoms with E-state index in [9.17, 15) is 18.0 Å². The number of alkyl halides is 3. The van der Waals surface area contributed by atoms with Crippen LogP contribution in [0.3, 0.4) is 0 Å². The number of rotatable bonds is 2. The Hall–Kier alpha value is -1.68. The number of aryl methyl sites for hydroxylation is 1. The molecule has 18 heavy (non-hydrogen) atoms. The Kier molecular flexibility index (Phi) is 4.24. The third kappa shape index (κ3) is 3.40. The van der Waals surface area contributed by atoms with Gasteiger partial charge in [0.1, 0.15) is 6.07 Å². The molecule has 0 N–H and O–H groups in total. The molecular weight excluding hydrogens is 267 g/mol. The SMILES string of the molecule is COC(=O)c1cc(SC(F)(F)F)cc(C)c1C#N. The van der Waals surface area contributed by atoms with Crippen LogP contribution < -0.4 is 0 Å². The molecule has 96 valence electrons. The first kappa shape index (κ1) is 14.4. The van der Waals surface area contributed by atoms with E-state index < -0.39 is 11.5 Å². The van der Waals surface area contributed by atoms with Gasteiger partial charge in [0.2, 0.25) is 0 Å². The average Bonchev–Trinajstić information content (AvgIpc) is 2.25. The van der Waals surface area contributed by atoms with Gasteiger partial charge in [0, 0.05) is 4.90 Å². The lowest BCUT2D eigenvalue weighted by Gasteiger charge is -2.10. The van der Waals surface area contributed by atoms with Crippen molar-refractivity contribution in [3.63, 3.8) is 0 Å². The van der Waals surface area contributed by atoms with Crippen LogP contribution in [0.1, 0.15) is 21.5 Å². The van der Waals surface area contributed by atoms with E-state index >= 15 is 0 Å². The lowest BCUT2D eigenvalue weighted by molar-refractivity contribution is -0.0328. The molecule has 0 saturated heterocycles. The third-order valence-corrected chi connectivity index (χ3v) is 2.76. The lowest BCUT2D eigenvalue weighted by Crippen LogP contribution is -2.07. The van der Waals surface area contributed by atoms with Gasteiger partial charge in [-0.05, 0) is 36.4 Å². The molecule has 1 rings (SSSR count). The third-order valence-electron chi connectivity index (χ3n) is 2.06. The van der Waals surface area contributed by atoms with Gasteiger partial charge in [0.25, 0.3) is 0 Å². The lowest BCUT2D eigenvalue weighted by atomic mass is 10.0. The molecule has 0 unspecified atom stereocenters. The normalized spacial score (nSPS) is 10.9.